The molecule has 0 aliphatic rings. The Balaban J connectivity index is 1.42. The fourth-order valence-corrected chi connectivity index (χ4v) is 4.14. The van der Waals surface area contributed by atoms with Gasteiger partial charge in [-0.2, -0.15) is 0 Å². The lowest BCUT2D eigenvalue weighted by Gasteiger charge is -2.07. The van der Waals surface area contributed by atoms with Gasteiger partial charge in [0.2, 0.25) is 0 Å². The molecule has 5 aromatic rings. The predicted molar refractivity (Wildman–Crippen MR) is 130 cm³/mol. The fourth-order valence-electron chi connectivity index (χ4n) is 3.77. The Kier molecular flexibility index (Phi) is 5.12. The lowest BCUT2D eigenvalue weighted by molar-refractivity contribution is 0.795. The molecule has 0 bridgehead atoms. The summed E-state index contributed by atoms with van der Waals surface area (Å²) in [7, 11) is 0. The summed E-state index contributed by atoms with van der Waals surface area (Å²) >= 11 is 1.62. The van der Waals surface area contributed by atoms with Crippen molar-refractivity contribution in [3.05, 3.63) is 78.9 Å². The molecule has 2 aromatic heterocycles. The number of hydrogen-bond acceptors (Lipinski definition) is 3. The number of thioether (sulfide) groups is 1. The van der Waals surface area contributed by atoms with Crippen molar-refractivity contribution >= 4 is 22.5 Å². The maximum Gasteiger partial charge on any atom is 0.165 e. The van der Waals surface area contributed by atoms with Crippen molar-refractivity contribution in [1.29, 1.82) is 0 Å². The molecule has 0 aliphatic heterocycles. The average molecular weight is 425 g/mol. The number of hydrogen-bond donors (Lipinski definition) is 2. The van der Waals surface area contributed by atoms with Gasteiger partial charge in [-0.25, -0.2) is 9.97 Å². The van der Waals surface area contributed by atoms with Gasteiger partial charge in [0.05, 0.1) is 23.8 Å². The van der Waals surface area contributed by atoms with E-state index in [1.54, 1.807) is 11.8 Å². The Morgan fingerprint density at radius 1 is 0.677 bits per heavy atom. The molecule has 4 nitrogen and oxygen atoms in total. The molecule has 0 aliphatic carbocycles. The molecule has 0 fully saturated rings. The Bertz CT molecular complexity index is 1350. The van der Waals surface area contributed by atoms with Crippen molar-refractivity contribution in [3.8, 4) is 33.6 Å². The van der Waals surface area contributed by atoms with E-state index in [4.69, 9.17) is 0 Å². The van der Waals surface area contributed by atoms with Gasteiger partial charge in [-0.1, -0.05) is 74.1 Å². The minimum absolute atomic E-state index is 0.395. The highest BCUT2D eigenvalue weighted by Crippen LogP contribution is 2.30. The standard InChI is InChI=1S/C26H24N4S/c1-16(2)25-27-14-23(29-25)18-6-4-17(5-7-18)19-8-9-21-13-22(11-10-20(21)12-19)24-15-28-26(30-24)31-3/h4-16H,1-3H3,(H,27,29)(H,28,30). The van der Waals surface area contributed by atoms with Crippen molar-refractivity contribution in [2.45, 2.75) is 24.9 Å². The molecular formula is C26H24N4S. The molecule has 0 saturated carbocycles. The number of imidazole rings is 2. The Morgan fingerprint density at radius 3 is 1.90 bits per heavy atom. The SMILES string of the molecule is CSc1ncc(-c2ccc3cc(-c4ccc(-c5cnc(C(C)C)[nH]5)cc4)ccc3c2)[nH]1. The largest absolute Gasteiger partial charge is 0.342 e. The zero-order chi connectivity index (χ0) is 21.4. The van der Waals surface area contributed by atoms with Crippen molar-refractivity contribution < 1.29 is 0 Å². The van der Waals surface area contributed by atoms with Crippen molar-refractivity contribution in [1.82, 2.24) is 19.9 Å². The van der Waals surface area contributed by atoms with Crippen LogP contribution in [0.3, 0.4) is 0 Å². The van der Waals surface area contributed by atoms with Gasteiger partial charge in [-0.3, -0.25) is 0 Å². The molecular weight excluding hydrogens is 400 g/mol. The minimum atomic E-state index is 0.395. The number of rotatable bonds is 5. The number of aromatic nitrogens is 4. The van der Waals surface area contributed by atoms with Crippen LogP contribution in [0.5, 0.6) is 0 Å². The van der Waals surface area contributed by atoms with Crippen LogP contribution in [0.4, 0.5) is 0 Å². The van der Waals surface area contributed by atoms with E-state index < -0.39 is 0 Å². The Hall–Kier alpha value is -3.31. The van der Waals surface area contributed by atoms with Gasteiger partial charge < -0.3 is 9.97 Å². The molecule has 0 atom stereocenters. The van der Waals surface area contributed by atoms with Crippen LogP contribution in [-0.4, -0.2) is 26.2 Å². The van der Waals surface area contributed by atoms with Crippen LogP contribution in [0.2, 0.25) is 0 Å². The number of nitrogens with zero attached hydrogens (tertiary/aromatic N) is 2. The van der Waals surface area contributed by atoms with Crippen molar-refractivity contribution in [3.63, 3.8) is 0 Å². The Morgan fingerprint density at radius 2 is 1.26 bits per heavy atom. The fraction of sp³-hybridized carbons (Fsp3) is 0.154. The van der Waals surface area contributed by atoms with Crippen LogP contribution in [-0.2, 0) is 0 Å². The molecule has 2 N–H and O–H groups in total. The van der Waals surface area contributed by atoms with Crippen LogP contribution in [0.1, 0.15) is 25.6 Å². The monoisotopic (exact) mass is 424 g/mol. The second kappa shape index (κ2) is 8.08. The summed E-state index contributed by atoms with van der Waals surface area (Å²) in [6.07, 6.45) is 5.83. The highest BCUT2D eigenvalue weighted by atomic mass is 32.2. The predicted octanol–water partition coefficient (Wildman–Crippen LogP) is 7.13. The van der Waals surface area contributed by atoms with Crippen LogP contribution >= 0.6 is 11.8 Å². The summed E-state index contributed by atoms with van der Waals surface area (Å²) in [5, 5.41) is 3.38. The summed E-state index contributed by atoms with van der Waals surface area (Å²) < 4.78 is 0. The quantitative estimate of drug-likeness (QED) is 0.295. The van der Waals surface area contributed by atoms with Crippen LogP contribution in [0.25, 0.3) is 44.4 Å². The van der Waals surface area contributed by atoms with Crippen LogP contribution in [0, 0.1) is 0 Å². The molecule has 0 unspecified atom stereocenters. The van der Waals surface area contributed by atoms with E-state index in [-0.39, 0.29) is 0 Å². The zero-order valence-electron chi connectivity index (χ0n) is 17.8. The molecule has 0 spiro atoms. The third-order valence-electron chi connectivity index (χ3n) is 5.57. The summed E-state index contributed by atoms with van der Waals surface area (Å²) in [6, 6.07) is 21.8. The minimum Gasteiger partial charge on any atom is -0.342 e. The smallest absolute Gasteiger partial charge is 0.165 e. The van der Waals surface area contributed by atoms with Gasteiger partial charge in [0, 0.05) is 11.5 Å². The number of fused-ring (bicyclic) bond motifs is 1. The molecule has 31 heavy (non-hydrogen) atoms. The third-order valence-corrected chi connectivity index (χ3v) is 6.16. The lowest BCUT2D eigenvalue weighted by Crippen LogP contribution is -1.89. The number of nitrogens with one attached hydrogen (secondary N) is 2. The first-order chi connectivity index (χ1) is 15.1. The van der Waals surface area contributed by atoms with E-state index in [1.807, 2.05) is 18.6 Å². The number of benzene rings is 3. The summed E-state index contributed by atoms with van der Waals surface area (Å²) in [5.41, 5.74) is 6.83. The third kappa shape index (κ3) is 3.89. The van der Waals surface area contributed by atoms with E-state index in [1.165, 1.54) is 21.9 Å². The average Bonchev–Trinajstić information content (AvgIpc) is 3.49. The zero-order valence-corrected chi connectivity index (χ0v) is 18.6. The van der Waals surface area contributed by atoms with Crippen molar-refractivity contribution in [2.24, 2.45) is 0 Å². The normalized spacial score (nSPS) is 11.5. The molecule has 5 heteroatoms. The van der Waals surface area contributed by atoms with Gasteiger partial charge in [0.1, 0.15) is 5.82 Å². The van der Waals surface area contributed by atoms with E-state index in [0.717, 1.165) is 33.5 Å². The van der Waals surface area contributed by atoms with Gasteiger partial charge in [-0.15, -0.1) is 0 Å². The first-order valence-electron chi connectivity index (χ1n) is 10.4. The molecule has 154 valence electrons. The highest BCUT2D eigenvalue weighted by molar-refractivity contribution is 7.98. The van der Waals surface area contributed by atoms with Gasteiger partial charge in [0.25, 0.3) is 0 Å². The summed E-state index contributed by atoms with van der Waals surface area (Å²) in [5.74, 6) is 1.42. The molecule has 0 saturated heterocycles. The molecule has 0 radical (unpaired) electrons. The first kappa shape index (κ1) is 19.6. The second-order valence-electron chi connectivity index (χ2n) is 8.00. The molecule has 2 heterocycles. The maximum atomic E-state index is 4.48. The lowest BCUT2D eigenvalue weighted by atomic mass is 9.98. The van der Waals surface area contributed by atoms with Gasteiger partial charge in [-0.05, 0) is 45.9 Å². The highest BCUT2D eigenvalue weighted by Gasteiger charge is 2.08. The molecule has 5 rings (SSSR count). The van der Waals surface area contributed by atoms with Gasteiger partial charge >= 0.3 is 0 Å². The van der Waals surface area contributed by atoms with Gasteiger partial charge in [0.15, 0.2) is 5.16 Å². The van der Waals surface area contributed by atoms with E-state index in [0.29, 0.717) is 5.92 Å². The maximum absolute atomic E-state index is 4.48. The van der Waals surface area contributed by atoms with Crippen LogP contribution in [0.15, 0.2) is 78.2 Å². The van der Waals surface area contributed by atoms with E-state index in [2.05, 4.69) is 94.4 Å². The topological polar surface area (TPSA) is 57.4 Å². The van der Waals surface area contributed by atoms with Crippen LogP contribution < -0.4 is 0 Å². The van der Waals surface area contributed by atoms with Crippen molar-refractivity contribution in [2.75, 3.05) is 6.26 Å². The summed E-state index contributed by atoms with van der Waals surface area (Å²) in [6.45, 7) is 4.29. The number of aromatic amines is 2. The second-order valence-corrected chi connectivity index (χ2v) is 8.79. The summed E-state index contributed by atoms with van der Waals surface area (Å²) in [4.78, 5) is 15.6. The molecule has 0 amide bonds. The van der Waals surface area contributed by atoms with E-state index in [9.17, 15) is 0 Å². The Labute approximate surface area is 186 Å². The van der Waals surface area contributed by atoms with E-state index >= 15 is 0 Å². The molecule has 3 aromatic carbocycles. The first-order valence-corrected chi connectivity index (χ1v) is 11.6. The number of H-pyrrole nitrogens is 2.